The molecule has 0 bridgehead atoms. The fraction of sp³-hybridized carbons (Fsp3) is 0.500. The minimum absolute atomic E-state index is 0.0297. The number of fused-ring (bicyclic) bond motifs is 1. The normalized spacial score (nSPS) is 20.6. The van der Waals surface area contributed by atoms with Gasteiger partial charge in [0, 0.05) is 43.9 Å². The van der Waals surface area contributed by atoms with E-state index >= 15 is 0 Å². The minimum Gasteiger partial charge on any atom is -0.384 e. The van der Waals surface area contributed by atoms with Gasteiger partial charge in [-0.2, -0.15) is 0 Å². The molecule has 0 aromatic heterocycles. The van der Waals surface area contributed by atoms with E-state index in [1.165, 1.54) is 12.5 Å². The summed E-state index contributed by atoms with van der Waals surface area (Å²) in [7, 11) is 0. The number of likely N-dealkylation sites (tertiary alicyclic amines) is 1. The summed E-state index contributed by atoms with van der Waals surface area (Å²) in [5.74, 6) is 0.0395. The van der Waals surface area contributed by atoms with E-state index in [9.17, 15) is 9.59 Å². The van der Waals surface area contributed by atoms with Gasteiger partial charge in [-0.1, -0.05) is 0 Å². The molecule has 2 N–H and O–H groups in total. The molecule has 1 aromatic rings. The number of piperidine rings is 1. The van der Waals surface area contributed by atoms with Crippen molar-refractivity contribution < 1.29 is 9.59 Å². The molecular formula is C16H21N3O2. The molecule has 5 heteroatoms. The van der Waals surface area contributed by atoms with Gasteiger partial charge < -0.3 is 15.5 Å². The van der Waals surface area contributed by atoms with Crippen LogP contribution in [0.15, 0.2) is 18.2 Å². The van der Waals surface area contributed by atoms with Gasteiger partial charge in [0.15, 0.2) is 0 Å². The molecule has 21 heavy (non-hydrogen) atoms. The average Bonchev–Trinajstić information content (AvgIpc) is 2.93. The lowest BCUT2D eigenvalue weighted by Gasteiger charge is -2.33. The maximum absolute atomic E-state index is 12.6. The van der Waals surface area contributed by atoms with Crippen molar-refractivity contribution in [3.63, 3.8) is 0 Å². The zero-order valence-electron chi connectivity index (χ0n) is 12.3. The van der Waals surface area contributed by atoms with Crippen LogP contribution in [-0.4, -0.2) is 42.4 Å². The van der Waals surface area contributed by atoms with Crippen LogP contribution in [0.5, 0.6) is 0 Å². The number of amides is 2. The van der Waals surface area contributed by atoms with Crippen molar-refractivity contribution >= 4 is 17.5 Å². The zero-order chi connectivity index (χ0) is 14.8. The molecule has 1 unspecified atom stereocenters. The Morgan fingerprint density at radius 2 is 2.24 bits per heavy atom. The van der Waals surface area contributed by atoms with Gasteiger partial charge in [0.2, 0.25) is 5.91 Å². The van der Waals surface area contributed by atoms with E-state index in [-0.39, 0.29) is 17.9 Å². The minimum atomic E-state index is -0.0297. The number of carbonyl (C=O) groups excluding carboxylic acids is 2. The second kappa shape index (κ2) is 5.76. The second-order valence-corrected chi connectivity index (χ2v) is 5.84. The number of benzene rings is 1. The maximum Gasteiger partial charge on any atom is 0.253 e. The van der Waals surface area contributed by atoms with E-state index in [0.717, 1.165) is 43.6 Å². The first kappa shape index (κ1) is 13.9. The molecule has 0 saturated carbocycles. The highest BCUT2D eigenvalue weighted by atomic mass is 16.2. The Morgan fingerprint density at radius 1 is 1.38 bits per heavy atom. The van der Waals surface area contributed by atoms with Crippen LogP contribution in [0, 0.1) is 0 Å². The summed E-state index contributed by atoms with van der Waals surface area (Å²) in [5.41, 5.74) is 3.11. The Kier molecular flexibility index (Phi) is 3.82. The Labute approximate surface area is 124 Å². The van der Waals surface area contributed by atoms with Crippen LogP contribution in [0.4, 0.5) is 5.69 Å². The van der Waals surface area contributed by atoms with E-state index in [4.69, 9.17) is 0 Å². The van der Waals surface area contributed by atoms with Crippen LogP contribution >= 0.6 is 0 Å². The van der Waals surface area contributed by atoms with Gasteiger partial charge in [-0.3, -0.25) is 9.59 Å². The van der Waals surface area contributed by atoms with Crippen molar-refractivity contribution in [2.24, 2.45) is 0 Å². The summed E-state index contributed by atoms with van der Waals surface area (Å²) in [6.07, 6.45) is 2.85. The molecule has 5 nitrogen and oxygen atoms in total. The summed E-state index contributed by atoms with van der Waals surface area (Å²) in [5, 5.41) is 6.22. The van der Waals surface area contributed by atoms with Crippen molar-refractivity contribution in [2.75, 3.05) is 25.0 Å². The van der Waals surface area contributed by atoms with Crippen molar-refractivity contribution in [1.29, 1.82) is 0 Å². The number of hydrogen-bond acceptors (Lipinski definition) is 3. The summed E-state index contributed by atoms with van der Waals surface area (Å²) in [6.45, 7) is 3.84. The SMILES string of the molecule is CC(=O)NC1CCCN(C(=O)c2ccc3c(c2)CCN3)C1. The van der Waals surface area contributed by atoms with Crippen LogP contribution in [0.1, 0.15) is 35.7 Å². The van der Waals surface area contributed by atoms with E-state index in [0.29, 0.717) is 6.54 Å². The van der Waals surface area contributed by atoms with Crippen molar-refractivity contribution in [2.45, 2.75) is 32.2 Å². The lowest BCUT2D eigenvalue weighted by molar-refractivity contribution is -0.120. The smallest absolute Gasteiger partial charge is 0.253 e. The molecule has 1 saturated heterocycles. The molecule has 2 aliphatic heterocycles. The predicted octanol–water partition coefficient (Wildman–Crippen LogP) is 1.40. The highest BCUT2D eigenvalue weighted by Gasteiger charge is 2.25. The van der Waals surface area contributed by atoms with Crippen LogP contribution in [0.3, 0.4) is 0 Å². The molecule has 0 radical (unpaired) electrons. The van der Waals surface area contributed by atoms with Crippen LogP contribution in [0.2, 0.25) is 0 Å². The second-order valence-electron chi connectivity index (χ2n) is 5.84. The standard InChI is InChI=1S/C16H21N3O2/c1-11(20)18-14-3-2-8-19(10-14)16(21)13-4-5-15-12(9-13)6-7-17-15/h4-5,9,14,17H,2-3,6-8,10H2,1H3,(H,18,20). The molecule has 1 atom stereocenters. The predicted molar refractivity (Wildman–Crippen MR) is 81.4 cm³/mol. The van der Waals surface area contributed by atoms with Gasteiger partial charge >= 0.3 is 0 Å². The molecule has 112 valence electrons. The third kappa shape index (κ3) is 3.01. The topological polar surface area (TPSA) is 61.4 Å². The maximum atomic E-state index is 12.6. The quantitative estimate of drug-likeness (QED) is 0.864. The van der Waals surface area contributed by atoms with Crippen molar-refractivity contribution in [3.05, 3.63) is 29.3 Å². The molecular weight excluding hydrogens is 266 g/mol. The number of nitrogens with zero attached hydrogens (tertiary/aromatic N) is 1. The Hall–Kier alpha value is -2.04. The largest absolute Gasteiger partial charge is 0.384 e. The number of hydrogen-bond donors (Lipinski definition) is 2. The number of carbonyl (C=O) groups is 2. The average molecular weight is 287 g/mol. The first-order valence-electron chi connectivity index (χ1n) is 7.56. The summed E-state index contributed by atoms with van der Waals surface area (Å²) >= 11 is 0. The molecule has 0 spiro atoms. The van der Waals surface area contributed by atoms with E-state index < -0.39 is 0 Å². The number of rotatable bonds is 2. The lowest BCUT2D eigenvalue weighted by Crippen LogP contribution is -2.49. The molecule has 1 aromatic carbocycles. The summed E-state index contributed by atoms with van der Waals surface area (Å²) in [4.78, 5) is 25.6. The van der Waals surface area contributed by atoms with Gasteiger partial charge in [0.1, 0.15) is 0 Å². The Bertz CT molecular complexity index is 571. The molecule has 2 aliphatic rings. The number of nitrogens with one attached hydrogen (secondary N) is 2. The van der Waals surface area contributed by atoms with E-state index in [1.54, 1.807) is 0 Å². The molecule has 2 heterocycles. The highest BCUT2D eigenvalue weighted by molar-refractivity contribution is 5.95. The summed E-state index contributed by atoms with van der Waals surface area (Å²) < 4.78 is 0. The van der Waals surface area contributed by atoms with Gasteiger partial charge in [-0.05, 0) is 43.0 Å². The monoisotopic (exact) mass is 287 g/mol. The third-order valence-corrected chi connectivity index (χ3v) is 4.18. The van der Waals surface area contributed by atoms with Crippen LogP contribution in [0.25, 0.3) is 0 Å². The van der Waals surface area contributed by atoms with Gasteiger partial charge in [-0.15, -0.1) is 0 Å². The molecule has 1 fully saturated rings. The molecule has 3 rings (SSSR count). The third-order valence-electron chi connectivity index (χ3n) is 4.18. The fourth-order valence-electron chi connectivity index (χ4n) is 3.19. The van der Waals surface area contributed by atoms with Crippen LogP contribution in [-0.2, 0) is 11.2 Å². The van der Waals surface area contributed by atoms with E-state index in [1.807, 2.05) is 23.1 Å². The molecule has 2 amide bonds. The Balaban J connectivity index is 1.71. The zero-order valence-corrected chi connectivity index (χ0v) is 12.3. The van der Waals surface area contributed by atoms with Crippen molar-refractivity contribution in [3.8, 4) is 0 Å². The van der Waals surface area contributed by atoms with E-state index in [2.05, 4.69) is 10.6 Å². The number of anilines is 1. The Morgan fingerprint density at radius 3 is 3.05 bits per heavy atom. The first-order valence-corrected chi connectivity index (χ1v) is 7.56. The first-order chi connectivity index (χ1) is 10.1. The summed E-state index contributed by atoms with van der Waals surface area (Å²) in [6, 6.07) is 5.96. The lowest BCUT2D eigenvalue weighted by atomic mass is 10.0. The van der Waals surface area contributed by atoms with Gasteiger partial charge in [-0.25, -0.2) is 0 Å². The van der Waals surface area contributed by atoms with Crippen LogP contribution < -0.4 is 10.6 Å². The van der Waals surface area contributed by atoms with Gasteiger partial charge in [0.05, 0.1) is 0 Å². The molecule has 0 aliphatic carbocycles. The fourth-order valence-corrected chi connectivity index (χ4v) is 3.19. The van der Waals surface area contributed by atoms with Crippen molar-refractivity contribution in [1.82, 2.24) is 10.2 Å². The van der Waals surface area contributed by atoms with Gasteiger partial charge in [0.25, 0.3) is 5.91 Å². The highest BCUT2D eigenvalue weighted by Crippen LogP contribution is 2.24.